The zero-order chi connectivity index (χ0) is 17.4. The van der Waals surface area contributed by atoms with Gasteiger partial charge in [-0.15, -0.1) is 0 Å². The Bertz CT molecular complexity index is 875. The largest absolute Gasteiger partial charge is 0.416 e. The number of aryl methyl sites for hydroxylation is 1. The van der Waals surface area contributed by atoms with Crippen molar-refractivity contribution in [1.82, 2.24) is 0 Å². The molecule has 3 aliphatic rings. The SMILES string of the molecule is Cc1ccc(N2C(=O)[C@@H]3[C@@H]([C@H]4C=C[C@@H]3C4)S2(=O)=O)cc1C(F)(F)F. The van der Waals surface area contributed by atoms with Gasteiger partial charge in [-0.1, -0.05) is 18.2 Å². The topological polar surface area (TPSA) is 54.5 Å². The molecule has 0 unspecified atom stereocenters. The van der Waals surface area contributed by atoms with Crippen molar-refractivity contribution in [3.63, 3.8) is 0 Å². The minimum absolute atomic E-state index is 0.0165. The number of fused-ring (bicyclic) bond motifs is 5. The number of carbonyl (C=O) groups excluding carboxylic acids is 1. The maximum absolute atomic E-state index is 13.1. The normalized spacial score (nSPS) is 33.3. The third-order valence-electron chi connectivity index (χ3n) is 5.23. The van der Waals surface area contributed by atoms with Crippen LogP contribution in [-0.2, 0) is 21.0 Å². The van der Waals surface area contributed by atoms with Gasteiger partial charge >= 0.3 is 6.18 Å². The molecular weight excluding hydrogens is 343 g/mol. The van der Waals surface area contributed by atoms with E-state index in [4.69, 9.17) is 0 Å². The molecule has 2 fully saturated rings. The van der Waals surface area contributed by atoms with E-state index in [0.29, 0.717) is 10.7 Å². The fraction of sp³-hybridized carbons (Fsp3) is 0.438. The summed E-state index contributed by atoms with van der Waals surface area (Å²) in [5.74, 6) is -1.67. The van der Waals surface area contributed by atoms with Crippen molar-refractivity contribution in [2.45, 2.75) is 24.8 Å². The molecule has 0 spiro atoms. The number of hydrogen-bond donors (Lipinski definition) is 0. The molecule has 1 aromatic rings. The molecule has 1 aromatic carbocycles. The van der Waals surface area contributed by atoms with Crippen molar-refractivity contribution in [3.05, 3.63) is 41.5 Å². The van der Waals surface area contributed by atoms with Gasteiger partial charge in [0, 0.05) is 0 Å². The second-order valence-corrected chi connectivity index (χ2v) is 8.52. The van der Waals surface area contributed by atoms with Gasteiger partial charge < -0.3 is 0 Å². The molecule has 0 N–H and O–H groups in total. The predicted molar refractivity (Wildman–Crippen MR) is 80.6 cm³/mol. The van der Waals surface area contributed by atoms with E-state index in [0.717, 1.165) is 6.07 Å². The van der Waals surface area contributed by atoms with Crippen molar-refractivity contribution in [1.29, 1.82) is 0 Å². The number of sulfonamides is 1. The van der Waals surface area contributed by atoms with Crippen LogP contribution in [0.15, 0.2) is 30.4 Å². The molecule has 4 atom stereocenters. The Labute approximate surface area is 137 Å². The van der Waals surface area contributed by atoms with Crippen LogP contribution in [0.25, 0.3) is 0 Å². The first-order valence-corrected chi connectivity index (χ1v) is 9.07. The first kappa shape index (κ1) is 15.7. The van der Waals surface area contributed by atoms with Crippen LogP contribution in [0.3, 0.4) is 0 Å². The summed E-state index contributed by atoms with van der Waals surface area (Å²) in [7, 11) is -4.01. The second kappa shape index (κ2) is 4.62. The van der Waals surface area contributed by atoms with Crippen molar-refractivity contribution in [3.8, 4) is 0 Å². The van der Waals surface area contributed by atoms with Crippen LogP contribution >= 0.6 is 0 Å². The summed E-state index contributed by atoms with van der Waals surface area (Å²) in [4.78, 5) is 12.7. The van der Waals surface area contributed by atoms with Crippen LogP contribution in [0.1, 0.15) is 17.5 Å². The van der Waals surface area contributed by atoms with Gasteiger partial charge in [-0.25, -0.2) is 12.7 Å². The van der Waals surface area contributed by atoms with E-state index < -0.39 is 38.8 Å². The van der Waals surface area contributed by atoms with Crippen LogP contribution in [-0.4, -0.2) is 19.6 Å². The molecule has 0 aromatic heterocycles. The molecule has 0 radical (unpaired) electrons. The molecule has 1 saturated carbocycles. The molecule has 2 bridgehead atoms. The molecule has 4 rings (SSSR count). The van der Waals surface area contributed by atoms with Crippen LogP contribution < -0.4 is 4.31 Å². The number of amides is 1. The monoisotopic (exact) mass is 357 g/mol. The summed E-state index contributed by atoms with van der Waals surface area (Å²) in [6, 6.07) is 3.21. The Morgan fingerprint density at radius 2 is 1.83 bits per heavy atom. The Morgan fingerprint density at radius 3 is 2.46 bits per heavy atom. The number of nitrogens with zero attached hydrogens (tertiary/aromatic N) is 1. The maximum Gasteiger partial charge on any atom is 0.416 e. The number of hydrogen-bond acceptors (Lipinski definition) is 3. The van der Waals surface area contributed by atoms with Crippen LogP contribution in [0.4, 0.5) is 18.9 Å². The van der Waals surface area contributed by atoms with Gasteiger partial charge in [-0.2, -0.15) is 13.2 Å². The Kier molecular flexibility index (Phi) is 3.02. The molecular formula is C16H14F3NO3S. The highest BCUT2D eigenvalue weighted by Gasteiger charge is 2.63. The van der Waals surface area contributed by atoms with E-state index in [1.807, 2.05) is 6.08 Å². The molecule has 4 nitrogen and oxygen atoms in total. The van der Waals surface area contributed by atoms with Crippen LogP contribution in [0.5, 0.6) is 0 Å². The highest BCUT2D eigenvalue weighted by Crippen LogP contribution is 2.53. The Hall–Kier alpha value is -1.83. The zero-order valence-electron chi connectivity index (χ0n) is 12.6. The quantitative estimate of drug-likeness (QED) is 0.727. The first-order chi connectivity index (χ1) is 11.1. The fourth-order valence-corrected chi connectivity index (χ4v) is 6.56. The van der Waals surface area contributed by atoms with Gasteiger partial charge in [0.25, 0.3) is 0 Å². The number of carbonyl (C=O) groups is 1. The number of allylic oxidation sites excluding steroid dienone is 2. The number of rotatable bonds is 1. The lowest BCUT2D eigenvalue weighted by atomic mass is 9.92. The Balaban J connectivity index is 1.83. The number of alkyl halides is 3. The van der Waals surface area contributed by atoms with Crippen molar-refractivity contribution < 1.29 is 26.4 Å². The highest BCUT2D eigenvalue weighted by atomic mass is 32.2. The number of anilines is 1. The third-order valence-corrected chi connectivity index (χ3v) is 7.46. The lowest BCUT2D eigenvalue weighted by Gasteiger charge is -2.21. The number of benzene rings is 1. The standard InChI is InChI=1S/C16H14F3NO3S/c1-8-2-5-11(7-12(8)16(17,18)19)20-15(21)13-9-3-4-10(6-9)14(13)24(20,22)23/h2-5,7,9-10,13-14H,6H2,1H3/t9-,10+,13+,14-/m1/s1. The van der Waals surface area contributed by atoms with E-state index in [2.05, 4.69) is 0 Å². The predicted octanol–water partition coefficient (Wildman–Crippen LogP) is 2.88. The van der Waals surface area contributed by atoms with Gasteiger partial charge in [0.1, 0.15) is 0 Å². The summed E-state index contributed by atoms with van der Waals surface area (Å²) in [5, 5.41) is -0.851. The minimum Gasteiger partial charge on any atom is -0.273 e. The van der Waals surface area contributed by atoms with Crippen molar-refractivity contribution in [2.75, 3.05) is 4.31 Å². The summed E-state index contributed by atoms with van der Waals surface area (Å²) >= 11 is 0. The summed E-state index contributed by atoms with van der Waals surface area (Å²) in [5.41, 5.74) is -1.18. The van der Waals surface area contributed by atoms with Gasteiger partial charge in [-0.3, -0.25) is 4.79 Å². The zero-order valence-corrected chi connectivity index (χ0v) is 13.4. The van der Waals surface area contributed by atoms with E-state index >= 15 is 0 Å². The van der Waals surface area contributed by atoms with Gasteiger partial charge in [0.15, 0.2) is 0 Å². The summed E-state index contributed by atoms with van der Waals surface area (Å²) in [6.07, 6.45) is -0.339. The van der Waals surface area contributed by atoms with Crippen LogP contribution in [0, 0.1) is 24.7 Å². The average Bonchev–Trinajstić information content (AvgIpc) is 3.12. The first-order valence-electron chi connectivity index (χ1n) is 7.56. The molecule has 24 heavy (non-hydrogen) atoms. The average molecular weight is 357 g/mol. The molecule has 1 heterocycles. The lowest BCUT2D eigenvalue weighted by molar-refractivity contribution is -0.138. The second-order valence-electron chi connectivity index (χ2n) is 6.58. The van der Waals surface area contributed by atoms with E-state index in [-0.39, 0.29) is 23.1 Å². The highest BCUT2D eigenvalue weighted by molar-refractivity contribution is 7.94. The molecule has 1 amide bonds. The van der Waals surface area contributed by atoms with Crippen molar-refractivity contribution in [2.24, 2.45) is 17.8 Å². The lowest BCUT2D eigenvalue weighted by Crippen LogP contribution is -2.34. The molecule has 8 heteroatoms. The maximum atomic E-state index is 13.1. The van der Waals surface area contributed by atoms with Crippen LogP contribution in [0.2, 0.25) is 0 Å². The van der Waals surface area contributed by atoms with E-state index in [1.54, 1.807) is 6.08 Å². The molecule has 1 saturated heterocycles. The van der Waals surface area contributed by atoms with Gasteiger partial charge in [0.2, 0.25) is 15.9 Å². The summed E-state index contributed by atoms with van der Waals surface area (Å²) in [6.45, 7) is 1.30. The summed E-state index contributed by atoms with van der Waals surface area (Å²) < 4.78 is 65.5. The van der Waals surface area contributed by atoms with Crippen molar-refractivity contribution >= 4 is 21.6 Å². The fourth-order valence-electron chi connectivity index (χ4n) is 4.20. The van der Waals surface area contributed by atoms with Gasteiger partial charge in [-0.05, 0) is 42.9 Å². The molecule has 128 valence electrons. The minimum atomic E-state index is -4.61. The molecule has 2 aliphatic carbocycles. The number of halogens is 3. The van der Waals surface area contributed by atoms with Gasteiger partial charge in [0.05, 0.1) is 22.4 Å². The third kappa shape index (κ3) is 1.92. The molecule has 1 aliphatic heterocycles. The van der Waals surface area contributed by atoms with E-state index in [1.165, 1.54) is 19.1 Å². The Morgan fingerprint density at radius 1 is 1.17 bits per heavy atom. The van der Waals surface area contributed by atoms with E-state index in [9.17, 15) is 26.4 Å². The smallest absolute Gasteiger partial charge is 0.273 e.